The van der Waals surface area contributed by atoms with Gasteiger partial charge in [0.1, 0.15) is 5.82 Å². The second-order valence-electron chi connectivity index (χ2n) is 7.96. The zero-order valence-corrected chi connectivity index (χ0v) is 17.1. The first-order chi connectivity index (χ1) is 13.5. The summed E-state index contributed by atoms with van der Waals surface area (Å²) >= 11 is 0. The fourth-order valence-corrected chi connectivity index (χ4v) is 4.44. The molecule has 0 unspecified atom stereocenters. The van der Waals surface area contributed by atoms with Gasteiger partial charge in [-0.15, -0.1) is 0 Å². The molecule has 1 aromatic rings. The second-order valence-corrected chi connectivity index (χ2v) is 7.96. The van der Waals surface area contributed by atoms with Crippen LogP contribution in [-0.2, 0) is 4.79 Å². The van der Waals surface area contributed by atoms with Gasteiger partial charge in [0.2, 0.25) is 5.91 Å². The molecule has 0 bridgehead atoms. The van der Waals surface area contributed by atoms with Gasteiger partial charge in [-0.25, -0.2) is 4.39 Å². The standard InChI is InChI=1S/C22H32FN3O2/c1-3-26(19-7-5-4-6-8-19)22(28)16-24-11-13-25(14-12-24)21-10-9-18(17(2)27)15-20(21)23/h9-10,15,19H,3-8,11-14,16H2,1-2H3. The highest BCUT2D eigenvalue weighted by Gasteiger charge is 2.27. The molecule has 0 aromatic heterocycles. The van der Waals surface area contributed by atoms with Crippen LogP contribution in [0.5, 0.6) is 0 Å². The van der Waals surface area contributed by atoms with Crippen LogP contribution in [0.3, 0.4) is 0 Å². The number of nitrogens with zero attached hydrogens (tertiary/aromatic N) is 3. The summed E-state index contributed by atoms with van der Waals surface area (Å²) in [4.78, 5) is 30.5. The van der Waals surface area contributed by atoms with Crippen LogP contribution in [0, 0.1) is 5.82 Å². The number of Topliss-reactive ketones (excluding diaryl/α,β-unsaturated/α-hetero) is 1. The zero-order valence-electron chi connectivity index (χ0n) is 17.1. The number of anilines is 1. The van der Waals surface area contributed by atoms with E-state index < -0.39 is 0 Å². The molecule has 6 heteroatoms. The number of likely N-dealkylation sites (N-methyl/N-ethyl adjacent to an activating group) is 1. The summed E-state index contributed by atoms with van der Waals surface area (Å²) in [6, 6.07) is 5.09. The predicted molar refractivity (Wildman–Crippen MR) is 109 cm³/mol. The maximum Gasteiger partial charge on any atom is 0.236 e. The smallest absolute Gasteiger partial charge is 0.236 e. The highest BCUT2D eigenvalue weighted by atomic mass is 19.1. The highest BCUT2D eigenvalue weighted by molar-refractivity contribution is 5.94. The van der Waals surface area contributed by atoms with Crippen molar-refractivity contribution in [3.63, 3.8) is 0 Å². The Morgan fingerprint density at radius 1 is 1.11 bits per heavy atom. The number of carbonyl (C=O) groups excluding carboxylic acids is 2. The van der Waals surface area contributed by atoms with Crippen LogP contribution in [0.4, 0.5) is 10.1 Å². The minimum atomic E-state index is -0.355. The Morgan fingerprint density at radius 2 is 1.79 bits per heavy atom. The molecular formula is C22H32FN3O2. The molecule has 1 aliphatic carbocycles. The Labute approximate surface area is 167 Å². The summed E-state index contributed by atoms with van der Waals surface area (Å²) in [6.45, 7) is 7.57. The van der Waals surface area contributed by atoms with Crippen LogP contribution in [-0.4, -0.2) is 66.8 Å². The SMILES string of the molecule is CCN(C(=O)CN1CCN(c2ccc(C(C)=O)cc2F)CC1)C1CCCCC1. The molecule has 1 aromatic carbocycles. The van der Waals surface area contributed by atoms with Crippen LogP contribution < -0.4 is 4.90 Å². The quantitative estimate of drug-likeness (QED) is 0.700. The van der Waals surface area contributed by atoms with E-state index in [1.807, 2.05) is 4.90 Å². The Hall–Kier alpha value is -1.95. The minimum absolute atomic E-state index is 0.132. The van der Waals surface area contributed by atoms with Crippen molar-refractivity contribution in [2.45, 2.75) is 52.0 Å². The molecule has 1 saturated heterocycles. The van der Waals surface area contributed by atoms with E-state index in [-0.39, 0.29) is 17.5 Å². The topological polar surface area (TPSA) is 43.9 Å². The molecule has 2 aliphatic rings. The van der Waals surface area contributed by atoms with Crippen LogP contribution in [0.2, 0.25) is 0 Å². The lowest BCUT2D eigenvalue weighted by Crippen LogP contribution is -2.52. The molecule has 2 fully saturated rings. The lowest BCUT2D eigenvalue weighted by atomic mass is 9.94. The van der Waals surface area contributed by atoms with Crippen LogP contribution >= 0.6 is 0 Å². The van der Waals surface area contributed by atoms with Crippen molar-refractivity contribution in [2.75, 3.05) is 44.2 Å². The Bertz CT molecular complexity index is 695. The van der Waals surface area contributed by atoms with Gasteiger partial charge < -0.3 is 9.80 Å². The summed E-state index contributed by atoms with van der Waals surface area (Å²) in [6.07, 6.45) is 5.99. The second kappa shape index (κ2) is 9.50. The first-order valence-electron chi connectivity index (χ1n) is 10.6. The third-order valence-electron chi connectivity index (χ3n) is 6.10. The molecule has 0 N–H and O–H groups in total. The van der Waals surface area contributed by atoms with Crippen LogP contribution in [0.1, 0.15) is 56.3 Å². The molecule has 0 radical (unpaired) electrons. The average Bonchev–Trinajstić information content (AvgIpc) is 2.70. The highest BCUT2D eigenvalue weighted by Crippen LogP contribution is 2.24. The predicted octanol–water partition coefficient (Wildman–Crippen LogP) is 3.33. The largest absolute Gasteiger partial charge is 0.367 e. The fraction of sp³-hybridized carbons (Fsp3) is 0.636. The number of piperazine rings is 1. The van der Waals surface area contributed by atoms with E-state index in [4.69, 9.17) is 0 Å². The van der Waals surface area contributed by atoms with Crippen LogP contribution in [0.15, 0.2) is 18.2 Å². The van der Waals surface area contributed by atoms with Gasteiger partial charge in [-0.2, -0.15) is 0 Å². The Morgan fingerprint density at radius 3 is 2.36 bits per heavy atom. The monoisotopic (exact) mass is 389 g/mol. The first kappa shape index (κ1) is 20.8. The number of amides is 1. The number of hydrogen-bond donors (Lipinski definition) is 0. The molecule has 1 saturated carbocycles. The number of ketones is 1. The van der Waals surface area contributed by atoms with Gasteiger partial charge in [0.25, 0.3) is 0 Å². The number of rotatable bonds is 6. The summed E-state index contributed by atoms with van der Waals surface area (Å²) in [5.41, 5.74) is 0.932. The maximum atomic E-state index is 14.4. The van der Waals surface area contributed by atoms with Crippen molar-refractivity contribution in [3.05, 3.63) is 29.6 Å². The van der Waals surface area contributed by atoms with E-state index >= 15 is 0 Å². The van der Waals surface area contributed by atoms with Crippen LogP contribution in [0.25, 0.3) is 0 Å². The van der Waals surface area contributed by atoms with E-state index in [2.05, 4.69) is 16.7 Å². The number of halogens is 1. The summed E-state index contributed by atoms with van der Waals surface area (Å²) in [5.74, 6) is -0.265. The van der Waals surface area contributed by atoms with E-state index in [1.165, 1.54) is 32.3 Å². The van der Waals surface area contributed by atoms with E-state index in [0.717, 1.165) is 32.5 Å². The van der Waals surface area contributed by atoms with Gasteiger partial charge in [0.15, 0.2) is 5.78 Å². The van der Waals surface area contributed by atoms with Gasteiger partial charge in [-0.3, -0.25) is 14.5 Å². The third kappa shape index (κ3) is 4.90. The number of carbonyl (C=O) groups is 2. The van der Waals surface area contributed by atoms with E-state index in [0.29, 0.717) is 36.9 Å². The molecular weight excluding hydrogens is 357 g/mol. The minimum Gasteiger partial charge on any atom is -0.367 e. The van der Waals surface area contributed by atoms with Gasteiger partial charge in [0.05, 0.1) is 12.2 Å². The number of benzene rings is 1. The summed E-state index contributed by atoms with van der Waals surface area (Å²) in [7, 11) is 0. The lowest BCUT2D eigenvalue weighted by Gasteiger charge is -2.38. The van der Waals surface area contributed by atoms with Gasteiger partial charge >= 0.3 is 0 Å². The molecule has 154 valence electrons. The molecule has 5 nitrogen and oxygen atoms in total. The zero-order chi connectivity index (χ0) is 20.1. The van der Waals surface area contributed by atoms with Crippen molar-refractivity contribution in [1.29, 1.82) is 0 Å². The maximum absolute atomic E-state index is 14.4. The molecule has 28 heavy (non-hydrogen) atoms. The van der Waals surface area contributed by atoms with E-state index in [9.17, 15) is 14.0 Å². The number of hydrogen-bond acceptors (Lipinski definition) is 4. The summed E-state index contributed by atoms with van der Waals surface area (Å²) < 4.78 is 14.4. The molecule has 1 aliphatic heterocycles. The van der Waals surface area contributed by atoms with Crippen molar-refractivity contribution in [1.82, 2.24) is 9.80 Å². The van der Waals surface area contributed by atoms with E-state index in [1.54, 1.807) is 12.1 Å². The average molecular weight is 390 g/mol. The Kier molecular flexibility index (Phi) is 7.05. The molecule has 0 atom stereocenters. The Balaban J connectivity index is 1.53. The molecule has 0 spiro atoms. The molecule has 1 heterocycles. The molecule has 1 amide bonds. The molecule has 3 rings (SSSR count). The third-order valence-corrected chi connectivity index (χ3v) is 6.10. The lowest BCUT2D eigenvalue weighted by molar-refractivity contribution is -0.135. The fourth-order valence-electron chi connectivity index (χ4n) is 4.44. The van der Waals surface area contributed by atoms with Gasteiger partial charge in [-0.05, 0) is 44.9 Å². The van der Waals surface area contributed by atoms with Crippen molar-refractivity contribution >= 4 is 17.4 Å². The van der Waals surface area contributed by atoms with Crippen molar-refractivity contribution < 1.29 is 14.0 Å². The summed E-state index contributed by atoms with van der Waals surface area (Å²) in [5, 5.41) is 0. The van der Waals surface area contributed by atoms with Gasteiger partial charge in [-0.1, -0.05) is 19.3 Å². The normalized spacial score (nSPS) is 18.9. The van der Waals surface area contributed by atoms with Gasteiger partial charge in [0, 0.05) is 44.3 Å². The van der Waals surface area contributed by atoms with Crippen molar-refractivity contribution in [2.24, 2.45) is 0 Å². The first-order valence-corrected chi connectivity index (χ1v) is 10.6. The van der Waals surface area contributed by atoms with Crippen molar-refractivity contribution in [3.8, 4) is 0 Å².